The molecule has 0 spiro atoms. The fourth-order valence-corrected chi connectivity index (χ4v) is 4.72. The predicted octanol–water partition coefficient (Wildman–Crippen LogP) is -6.54. The Hall–Kier alpha value is -0.680. The van der Waals surface area contributed by atoms with E-state index in [1.165, 1.54) is 7.11 Å². The second kappa shape index (κ2) is 12.9. The normalized spacial score (nSPS) is 52.6. The van der Waals surface area contributed by atoms with Gasteiger partial charge in [-0.15, -0.1) is 0 Å². The van der Waals surface area contributed by atoms with Crippen molar-refractivity contribution in [2.75, 3.05) is 33.5 Å². The van der Waals surface area contributed by atoms with E-state index in [4.69, 9.17) is 37.9 Å². The van der Waals surface area contributed by atoms with E-state index in [0.29, 0.717) is 0 Å². The predicted molar refractivity (Wildman–Crippen MR) is 115 cm³/mol. The molecule has 0 aromatic rings. The lowest BCUT2D eigenvalue weighted by atomic mass is 10.0. The summed E-state index contributed by atoms with van der Waals surface area (Å²) in [6.07, 6.45) is -23.4. The van der Waals surface area contributed by atoms with Crippen molar-refractivity contribution in [2.45, 2.75) is 98.4 Å². The lowest BCUT2D eigenvalue weighted by Gasteiger charge is -2.45. The molecule has 4 aliphatic rings. The molecule has 0 amide bonds. The number of aliphatic hydroxyl groups is 9. The summed E-state index contributed by atoms with van der Waals surface area (Å²) in [6.45, 7) is -1.42. The van der Waals surface area contributed by atoms with Gasteiger partial charge in [-0.3, -0.25) is 0 Å². The van der Waals surface area contributed by atoms with Crippen LogP contribution in [0.2, 0.25) is 0 Å². The molecule has 4 heterocycles. The van der Waals surface area contributed by atoms with Gasteiger partial charge in [0, 0.05) is 7.11 Å². The number of ether oxygens (including phenoxy) is 8. The number of hydrogen-bond donors (Lipinski definition) is 9. The third-order valence-corrected chi connectivity index (χ3v) is 6.87. The molecular weight excluding hydrogens is 524 g/mol. The summed E-state index contributed by atoms with van der Waals surface area (Å²) in [5.74, 6) is 0. The van der Waals surface area contributed by atoms with E-state index in [0.717, 1.165) is 0 Å². The Balaban J connectivity index is 1.39. The number of aliphatic hydroxyl groups excluding tert-OH is 9. The van der Waals surface area contributed by atoms with Gasteiger partial charge in [0.05, 0.1) is 26.4 Å². The summed E-state index contributed by atoms with van der Waals surface area (Å²) in [7, 11) is 1.27. The van der Waals surface area contributed by atoms with Gasteiger partial charge in [0.25, 0.3) is 0 Å². The van der Waals surface area contributed by atoms with Crippen LogP contribution in [0.3, 0.4) is 0 Å². The van der Waals surface area contributed by atoms with E-state index in [9.17, 15) is 46.0 Å². The summed E-state index contributed by atoms with van der Waals surface area (Å²) in [4.78, 5) is 0. The highest BCUT2D eigenvalue weighted by molar-refractivity contribution is 4.92. The molecule has 0 aromatic heterocycles. The van der Waals surface area contributed by atoms with E-state index in [1.807, 2.05) is 0 Å². The highest BCUT2D eigenvalue weighted by Gasteiger charge is 2.50. The first kappa shape index (κ1) is 30.3. The Morgan fingerprint density at radius 2 is 0.763 bits per heavy atom. The molecule has 0 bridgehead atoms. The van der Waals surface area contributed by atoms with E-state index in [2.05, 4.69) is 0 Å². The van der Waals surface area contributed by atoms with Crippen LogP contribution in [0.4, 0.5) is 0 Å². The Morgan fingerprint density at radius 3 is 1.16 bits per heavy atom. The first-order valence-electron chi connectivity index (χ1n) is 12.1. The summed E-state index contributed by atoms with van der Waals surface area (Å²) >= 11 is 0. The second-order valence-corrected chi connectivity index (χ2v) is 9.56. The van der Waals surface area contributed by atoms with E-state index in [1.54, 1.807) is 0 Å². The van der Waals surface area contributed by atoms with Crippen molar-refractivity contribution in [3.05, 3.63) is 0 Å². The smallest absolute Gasteiger partial charge is 0.186 e. The topological polar surface area (TPSA) is 256 Å². The molecule has 0 aliphatic carbocycles. The first-order valence-corrected chi connectivity index (χ1v) is 12.1. The molecule has 222 valence electrons. The van der Waals surface area contributed by atoms with Crippen molar-refractivity contribution >= 4 is 0 Å². The van der Waals surface area contributed by atoms with Crippen LogP contribution in [0.5, 0.6) is 0 Å². The maximum Gasteiger partial charge on any atom is 0.186 e. The Labute approximate surface area is 216 Å². The minimum atomic E-state index is -1.73. The van der Waals surface area contributed by atoms with E-state index >= 15 is 0 Å². The summed E-state index contributed by atoms with van der Waals surface area (Å²) in [5.41, 5.74) is 0. The van der Waals surface area contributed by atoms with Crippen molar-refractivity contribution < 1.29 is 83.9 Å². The van der Waals surface area contributed by atoms with Crippen LogP contribution < -0.4 is 0 Å². The molecule has 4 rings (SSSR count). The molecule has 9 N–H and O–H groups in total. The minimum absolute atomic E-state index is 0.245. The van der Waals surface area contributed by atoms with Crippen LogP contribution in [-0.2, 0) is 37.9 Å². The zero-order chi connectivity index (χ0) is 27.7. The molecule has 16 atom stereocenters. The Bertz CT molecular complexity index is 747. The molecule has 17 nitrogen and oxygen atoms in total. The van der Waals surface area contributed by atoms with Gasteiger partial charge in [0.1, 0.15) is 73.2 Å². The third-order valence-electron chi connectivity index (χ3n) is 6.87. The standard InChI is InChI=1S/C21H36O17/c1-31-14-6(22)3-33-19(11(14)27)37-16-8(24)5-35-21(13(16)29)38-17-9(25)4-34-20(12(17)28)36-15-7(23)2-32-18(30)10(15)26/h6-30H,2-5H2,1H3/t6-,7-,8-,9-,10?,11?,12?,13?,14+,15+,16+,17+,18?,19?,20?,21?/m1/s1. The number of methoxy groups -OCH3 is 1. The first-order chi connectivity index (χ1) is 18.0. The quantitative estimate of drug-likeness (QED) is 0.140. The van der Waals surface area contributed by atoms with Crippen molar-refractivity contribution in [3.63, 3.8) is 0 Å². The largest absolute Gasteiger partial charge is 0.388 e. The van der Waals surface area contributed by atoms with Crippen molar-refractivity contribution in [1.82, 2.24) is 0 Å². The van der Waals surface area contributed by atoms with Gasteiger partial charge in [-0.05, 0) is 0 Å². The van der Waals surface area contributed by atoms with Gasteiger partial charge in [-0.25, -0.2) is 0 Å². The maximum absolute atomic E-state index is 10.8. The highest BCUT2D eigenvalue weighted by Crippen LogP contribution is 2.30. The van der Waals surface area contributed by atoms with Crippen LogP contribution in [0.1, 0.15) is 0 Å². The van der Waals surface area contributed by atoms with Crippen LogP contribution in [-0.4, -0.2) is 178 Å². The molecule has 4 fully saturated rings. The van der Waals surface area contributed by atoms with E-state index < -0.39 is 112 Å². The molecular formula is C21H36O17. The Morgan fingerprint density at radius 1 is 0.447 bits per heavy atom. The molecule has 4 aliphatic heterocycles. The van der Waals surface area contributed by atoms with Gasteiger partial charge in [0.15, 0.2) is 25.2 Å². The van der Waals surface area contributed by atoms with Gasteiger partial charge < -0.3 is 83.9 Å². The van der Waals surface area contributed by atoms with Crippen LogP contribution in [0.25, 0.3) is 0 Å². The van der Waals surface area contributed by atoms with Crippen LogP contribution >= 0.6 is 0 Å². The van der Waals surface area contributed by atoms with Gasteiger partial charge in [-0.2, -0.15) is 0 Å². The molecule has 0 radical (unpaired) electrons. The molecule has 17 heteroatoms. The molecule has 4 saturated heterocycles. The molecule has 8 unspecified atom stereocenters. The second-order valence-electron chi connectivity index (χ2n) is 9.56. The Kier molecular flexibility index (Phi) is 10.3. The zero-order valence-corrected chi connectivity index (χ0v) is 20.4. The average Bonchev–Trinajstić information content (AvgIpc) is 2.88. The van der Waals surface area contributed by atoms with Gasteiger partial charge >= 0.3 is 0 Å². The van der Waals surface area contributed by atoms with Gasteiger partial charge in [-0.1, -0.05) is 0 Å². The van der Waals surface area contributed by atoms with Crippen molar-refractivity contribution in [2.24, 2.45) is 0 Å². The lowest BCUT2D eigenvalue weighted by molar-refractivity contribution is -0.366. The average molecular weight is 561 g/mol. The van der Waals surface area contributed by atoms with Crippen molar-refractivity contribution in [3.8, 4) is 0 Å². The number of rotatable bonds is 7. The SMILES string of the molecule is CO[C@@H]1C(O)C(O[C@@H]2C(O)C(O[C@@H]3C(O)C(O[C@@H]4C(O)C(O)OC[C@H]4O)OC[C@H]3O)OC[C@H]2O)OC[C@H]1O. The van der Waals surface area contributed by atoms with Crippen LogP contribution in [0, 0.1) is 0 Å². The third kappa shape index (κ3) is 6.29. The monoisotopic (exact) mass is 560 g/mol. The molecule has 38 heavy (non-hydrogen) atoms. The van der Waals surface area contributed by atoms with Crippen LogP contribution in [0.15, 0.2) is 0 Å². The molecule has 0 aromatic carbocycles. The van der Waals surface area contributed by atoms with E-state index in [-0.39, 0.29) is 13.2 Å². The number of hydrogen-bond acceptors (Lipinski definition) is 17. The fourth-order valence-electron chi connectivity index (χ4n) is 4.72. The van der Waals surface area contributed by atoms with Crippen molar-refractivity contribution in [1.29, 1.82) is 0 Å². The van der Waals surface area contributed by atoms with Gasteiger partial charge in [0.2, 0.25) is 0 Å². The summed E-state index contributed by atoms with van der Waals surface area (Å²) < 4.78 is 42.4. The minimum Gasteiger partial charge on any atom is -0.388 e. The fraction of sp³-hybridized carbons (Fsp3) is 1.00. The maximum atomic E-state index is 10.8. The summed E-state index contributed by atoms with van der Waals surface area (Å²) in [6, 6.07) is 0. The lowest BCUT2D eigenvalue weighted by Crippen LogP contribution is -2.63. The highest BCUT2D eigenvalue weighted by atomic mass is 16.7. The zero-order valence-electron chi connectivity index (χ0n) is 20.4. The summed E-state index contributed by atoms with van der Waals surface area (Å²) in [5, 5.41) is 92.5. The molecule has 0 saturated carbocycles.